The van der Waals surface area contributed by atoms with Crippen molar-refractivity contribution in [3.8, 4) is 11.5 Å². The Bertz CT molecular complexity index is 550. The number of hydrogen-bond acceptors (Lipinski definition) is 3. The van der Waals surface area contributed by atoms with Crippen molar-refractivity contribution in [2.24, 2.45) is 5.73 Å². The van der Waals surface area contributed by atoms with E-state index in [1.807, 2.05) is 12.1 Å². The molecular weight excluding hydrogens is 245 g/mol. The monoisotopic (exact) mass is 261 g/mol. The molecule has 4 heteroatoms. The third-order valence-corrected chi connectivity index (χ3v) is 2.94. The summed E-state index contributed by atoms with van der Waals surface area (Å²) >= 11 is 0. The number of hydrogen-bond donors (Lipinski definition) is 1. The van der Waals surface area contributed by atoms with Gasteiger partial charge in [-0.05, 0) is 35.4 Å². The summed E-state index contributed by atoms with van der Waals surface area (Å²) in [5, 5.41) is 0. The predicted octanol–water partition coefficient (Wildman–Crippen LogP) is 2.89. The second kappa shape index (κ2) is 5.71. The van der Waals surface area contributed by atoms with Crippen LogP contribution in [-0.4, -0.2) is 14.2 Å². The molecule has 0 spiro atoms. The van der Waals surface area contributed by atoms with Crippen LogP contribution in [0.4, 0.5) is 4.39 Å². The van der Waals surface area contributed by atoms with Crippen LogP contribution in [0.25, 0.3) is 0 Å². The first-order chi connectivity index (χ1) is 9.13. The van der Waals surface area contributed by atoms with Gasteiger partial charge < -0.3 is 15.2 Å². The first-order valence-electron chi connectivity index (χ1n) is 5.88. The zero-order valence-corrected chi connectivity index (χ0v) is 10.9. The third kappa shape index (κ3) is 3.03. The molecule has 2 aromatic rings. The van der Waals surface area contributed by atoms with Crippen LogP contribution in [0.5, 0.6) is 11.5 Å². The van der Waals surface area contributed by atoms with Crippen LogP contribution in [0.15, 0.2) is 42.5 Å². The maximum absolute atomic E-state index is 13.2. The highest BCUT2D eigenvalue weighted by atomic mass is 19.1. The molecule has 0 aliphatic heterocycles. The molecule has 19 heavy (non-hydrogen) atoms. The lowest BCUT2D eigenvalue weighted by Gasteiger charge is -2.15. The van der Waals surface area contributed by atoms with Gasteiger partial charge in [0.2, 0.25) is 0 Å². The van der Waals surface area contributed by atoms with Crippen LogP contribution >= 0.6 is 0 Å². The van der Waals surface area contributed by atoms with Crippen molar-refractivity contribution >= 4 is 0 Å². The fourth-order valence-corrected chi connectivity index (χ4v) is 1.90. The largest absolute Gasteiger partial charge is 0.497 e. The second-order valence-corrected chi connectivity index (χ2v) is 4.18. The normalized spacial score (nSPS) is 12.0. The molecule has 2 aromatic carbocycles. The molecule has 1 unspecified atom stereocenters. The Morgan fingerprint density at radius 1 is 0.947 bits per heavy atom. The van der Waals surface area contributed by atoms with Crippen molar-refractivity contribution in [1.82, 2.24) is 0 Å². The van der Waals surface area contributed by atoms with Gasteiger partial charge in [-0.3, -0.25) is 0 Å². The summed E-state index contributed by atoms with van der Waals surface area (Å²) in [4.78, 5) is 0. The first kappa shape index (κ1) is 13.4. The lowest BCUT2D eigenvalue weighted by molar-refractivity contribution is 0.393. The highest BCUT2D eigenvalue weighted by molar-refractivity contribution is 5.42. The molecule has 100 valence electrons. The molecule has 2 rings (SSSR count). The van der Waals surface area contributed by atoms with Gasteiger partial charge in [-0.15, -0.1) is 0 Å². The van der Waals surface area contributed by atoms with Crippen molar-refractivity contribution in [3.63, 3.8) is 0 Å². The molecular formula is C15H16FNO2. The van der Waals surface area contributed by atoms with Crippen molar-refractivity contribution in [2.45, 2.75) is 6.04 Å². The average molecular weight is 261 g/mol. The molecule has 0 aliphatic rings. The number of rotatable bonds is 4. The smallest absolute Gasteiger partial charge is 0.123 e. The molecule has 0 fully saturated rings. The van der Waals surface area contributed by atoms with Crippen molar-refractivity contribution in [3.05, 3.63) is 59.4 Å². The summed E-state index contributed by atoms with van der Waals surface area (Å²) in [6.07, 6.45) is 0. The number of methoxy groups -OCH3 is 2. The van der Waals surface area contributed by atoms with Gasteiger partial charge in [-0.25, -0.2) is 4.39 Å². The molecule has 0 heterocycles. The van der Waals surface area contributed by atoms with E-state index in [-0.39, 0.29) is 5.82 Å². The van der Waals surface area contributed by atoms with E-state index in [9.17, 15) is 4.39 Å². The predicted molar refractivity (Wildman–Crippen MR) is 72.0 cm³/mol. The average Bonchev–Trinajstić information content (AvgIpc) is 2.45. The lowest BCUT2D eigenvalue weighted by atomic mass is 9.99. The minimum Gasteiger partial charge on any atom is -0.497 e. The summed E-state index contributed by atoms with van der Waals surface area (Å²) < 4.78 is 23.6. The summed E-state index contributed by atoms with van der Waals surface area (Å²) in [7, 11) is 3.15. The Labute approximate surface area is 111 Å². The molecule has 0 radical (unpaired) electrons. The molecule has 0 saturated heterocycles. The van der Waals surface area contributed by atoms with Crippen LogP contribution in [0.3, 0.4) is 0 Å². The van der Waals surface area contributed by atoms with E-state index in [1.54, 1.807) is 32.4 Å². The van der Waals surface area contributed by atoms with E-state index in [2.05, 4.69) is 0 Å². The summed E-state index contributed by atoms with van der Waals surface area (Å²) in [6, 6.07) is 11.2. The number of benzene rings is 2. The van der Waals surface area contributed by atoms with E-state index >= 15 is 0 Å². The van der Waals surface area contributed by atoms with E-state index in [1.165, 1.54) is 12.1 Å². The summed E-state index contributed by atoms with van der Waals surface area (Å²) in [6.45, 7) is 0. The standard InChI is InChI=1S/C15H16FNO2/c1-18-13-7-11(8-14(9-13)19-2)15(17)10-4-3-5-12(16)6-10/h3-9,15H,17H2,1-2H3. The second-order valence-electron chi connectivity index (χ2n) is 4.18. The van der Waals surface area contributed by atoms with E-state index in [0.717, 1.165) is 5.56 Å². The molecule has 1 atom stereocenters. The van der Waals surface area contributed by atoms with Gasteiger partial charge in [0, 0.05) is 6.07 Å². The highest BCUT2D eigenvalue weighted by Gasteiger charge is 2.12. The van der Waals surface area contributed by atoms with Gasteiger partial charge in [0.25, 0.3) is 0 Å². The van der Waals surface area contributed by atoms with Crippen molar-refractivity contribution < 1.29 is 13.9 Å². The quantitative estimate of drug-likeness (QED) is 0.920. The molecule has 0 amide bonds. The Hall–Kier alpha value is -2.07. The van der Waals surface area contributed by atoms with Gasteiger partial charge in [-0.2, -0.15) is 0 Å². The molecule has 0 aliphatic carbocycles. The van der Waals surface area contributed by atoms with Crippen molar-refractivity contribution in [2.75, 3.05) is 14.2 Å². The van der Waals surface area contributed by atoms with E-state index in [4.69, 9.17) is 15.2 Å². The first-order valence-corrected chi connectivity index (χ1v) is 5.88. The topological polar surface area (TPSA) is 44.5 Å². The van der Waals surface area contributed by atoms with Crippen LogP contribution in [0.2, 0.25) is 0 Å². The number of halogens is 1. The SMILES string of the molecule is COc1cc(OC)cc(C(N)c2cccc(F)c2)c1. The molecule has 0 saturated carbocycles. The molecule has 0 bridgehead atoms. The number of ether oxygens (including phenoxy) is 2. The van der Waals surface area contributed by atoms with Gasteiger partial charge in [0.05, 0.1) is 20.3 Å². The minimum atomic E-state index is -0.431. The van der Waals surface area contributed by atoms with Gasteiger partial charge in [-0.1, -0.05) is 12.1 Å². The van der Waals surface area contributed by atoms with E-state index in [0.29, 0.717) is 17.1 Å². The van der Waals surface area contributed by atoms with Crippen LogP contribution in [0, 0.1) is 5.82 Å². The maximum atomic E-state index is 13.2. The Morgan fingerprint density at radius 2 is 1.58 bits per heavy atom. The molecule has 2 N–H and O–H groups in total. The summed E-state index contributed by atoms with van der Waals surface area (Å²) in [5.41, 5.74) is 7.67. The van der Waals surface area contributed by atoms with Crippen LogP contribution in [-0.2, 0) is 0 Å². The van der Waals surface area contributed by atoms with Gasteiger partial charge in [0.1, 0.15) is 17.3 Å². The Balaban J connectivity index is 2.40. The fourth-order valence-electron chi connectivity index (χ4n) is 1.90. The Morgan fingerprint density at radius 3 is 2.11 bits per heavy atom. The number of nitrogens with two attached hydrogens (primary N) is 1. The highest BCUT2D eigenvalue weighted by Crippen LogP contribution is 2.28. The fraction of sp³-hybridized carbons (Fsp3) is 0.200. The van der Waals surface area contributed by atoms with Crippen LogP contribution in [0.1, 0.15) is 17.2 Å². The molecule has 0 aromatic heterocycles. The third-order valence-electron chi connectivity index (χ3n) is 2.94. The Kier molecular flexibility index (Phi) is 4.02. The van der Waals surface area contributed by atoms with Crippen LogP contribution < -0.4 is 15.2 Å². The minimum absolute atomic E-state index is 0.303. The maximum Gasteiger partial charge on any atom is 0.123 e. The van der Waals surface area contributed by atoms with Gasteiger partial charge >= 0.3 is 0 Å². The zero-order valence-electron chi connectivity index (χ0n) is 10.9. The zero-order chi connectivity index (χ0) is 13.8. The molecule has 3 nitrogen and oxygen atoms in total. The van der Waals surface area contributed by atoms with Gasteiger partial charge in [0.15, 0.2) is 0 Å². The summed E-state index contributed by atoms with van der Waals surface area (Å²) in [5.74, 6) is 1.00. The lowest BCUT2D eigenvalue weighted by Crippen LogP contribution is -2.12. The van der Waals surface area contributed by atoms with Crippen molar-refractivity contribution in [1.29, 1.82) is 0 Å². The van der Waals surface area contributed by atoms with E-state index < -0.39 is 6.04 Å².